The van der Waals surface area contributed by atoms with E-state index in [9.17, 15) is 5.41 Å². The number of pyridine rings is 2. The van der Waals surface area contributed by atoms with E-state index in [0.717, 1.165) is 55.8 Å². The molecule has 0 radical (unpaired) electrons. The summed E-state index contributed by atoms with van der Waals surface area (Å²) in [5, 5.41) is 14.5. The second-order valence-corrected chi connectivity index (χ2v) is 15.5. The van der Waals surface area contributed by atoms with Crippen LogP contribution in [0.4, 0.5) is 0 Å². The van der Waals surface area contributed by atoms with E-state index in [1.165, 1.54) is 32.6 Å². The number of fused-ring (bicyclic) bond motifs is 7. The van der Waals surface area contributed by atoms with Gasteiger partial charge in [0.1, 0.15) is 5.84 Å². The third-order valence-electron chi connectivity index (χ3n) is 11.8. The molecule has 1 aliphatic rings. The van der Waals surface area contributed by atoms with Gasteiger partial charge in [-0.1, -0.05) is 127 Å². The second-order valence-electron chi connectivity index (χ2n) is 15.5. The van der Waals surface area contributed by atoms with Gasteiger partial charge in [0.15, 0.2) is 5.84 Å². The fraction of sp³-hybridized carbons (Fsp3) is 0.0364. The molecule has 1 atom stereocenters. The van der Waals surface area contributed by atoms with Crippen LogP contribution < -0.4 is 0 Å². The highest BCUT2D eigenvalue weighted by atomic mass is 15.0. The first-order valence-corrected chi connectivity index (χ1v) is 20.8. The van der Waals surface area contributed by atoms with E-state index in [2.05, 4.69) is 177 Å². The summed E-state index contributed by atoms with van der Waals surface area (Å²) in [5.74, 6) is 0.412. The molecule has 6 aromatic carbocycles. The SMILES string of the molecule is N=C(N=C(N=Cc1cccnc1)c1cccnc1)C1=CC(c2ccccc2)=C(n2c3ccccc3c3c2ccc2c4ccccc4n(-c4ccccc4)c23)C(c2ccccc2)C1. The number of benzene rings is 6. The van der Waals surface area contributed by atoms with E-state index in [4.69, 9.17) is 9.98 Å². The molecule has 10 aromatic rings. The third kappa shape index (κ3) is 6.44. The molecule has 294 valence electrons. The van der Waals surface area contributed by atoms with Gasteiger partial charge >= 0.3 is 0 Å². The highest BCUT2D eigenvalue weighted by Crippen LogP contribution is 2.49. The molecule has 0 bridgehead atoms. The van der Waals surface area contributed by atoms with Gasteiger partial charge in [-0.15, -0.1) is 0 Å². The number of rotatable bonds is 7. The number of aromatic nitrogens is 4. The summed E-state index contributed by atoms with van der Waals surface area (Å²) in [4.78, 5) is 18.4. The van der Waals surface area contributed by atoms with Crippen LogP contribution in [0.25, 0.3) is 60.6 Å². The first kappa shape index (κ1) is 36.8. The Morgan fingerprint density at radius 1 is 0.597 bits per heavy atom. The molecule has 0 amide bonds. The normalized spacial score (nSPS) is 14.7. The highest BCUT2D eigenvalue weighted by molar-refractivity contribution is 6.27. The third-order valence-corrected chi connectivity index (χ3v) is 11.8. The number of para-hydroxylation sites is 3. The van der Waals surface area contributed by atoms with Crippen LogP contribution in [0, 0.1) is 5.41 Å². The van der Waals surface area contributed by atoms with Crippen molar-refractivity contribution in [3.05, 3.63) is 235 Å². The van der Waals surface area contributed by atoms with Gasteiger partial charge in [-0.25, -0.2) is 9.98 Å². The van der Waals surface area contributed by atoms with Crippen LogP contribution >= 0.6 is 0 Å². The maximum Gasteiger partial charge on any atom is 0.163 e. The van der Waals surface area contributed by atoms with Gasteiger partial charge in [0.25, 0.3) is 0 Å². The van der Waals surface area contributed by atoms with E-state index >= 15 is 0 Å². The zero-order chi connectivity index (χ0) is 41.4. The summed E-state index contributed by atoms with van der Waals surface area (Å²) < 4.78 is 4.93. The van der Waals surface area contributed by atoms with Crippen molar-refractivity contribution >= 4 is 72.8 Å². The van der Waals surface area contributed by atoms with Crippen LogP contribution in [-0.4, -0.2) is 37.0 Å². The van der Waals surface area contributed by atoms with Crippen LogP contribution in [0.5, 0.6) is 0 Å². The lowest BCUT2D eigenvalue weighted by molar-refractivity contribution is 0.817. The van der Waals surface area contributed by atoms with Crippen molar-refractivity contribution in [2.24, 2.45) is 9.98 Å². The molecule has 0 saturated heterocycles. The fourth-order valence-electron chi connectivity index (χ4n) is 9.10. The quantitative estimate of drug-likeness (QED) is 0.129. The van der Waals surface area contributed by atoms with Gasteiger partial charge in [0.05, 0.1) is 22.1 Å². The molecule has 4 heterocycles. The topological polar surface area (TPSA) is 84.2 Å². The van der Waals surface area contributed by atoms with E-state index in [1.54, 1.807) is 31.0 Å². The van der Waals surface area contributed by atoms with Gasteiger partial charge < -0.3 is 9.13 Å². The Kier molecular flexibility index (Phi) is 9.32. The number of hydrogen-bond acceptors (Lipinski definition) is 3. The Labute approximate surface area is 358 Å². The van der Waals surface area contributed by atoms with Gasteiger partial charge in [-0.05, 0) is 77.7 Å². The van der Waals surface area contributed by atoms with Crippen molar-refractivity contribution in [3.8, 4) is 5.69 Å². The average molecular weight is 798 g/mol. The number of nitrogens with zero attached hydrogens (tertiary/aromatic N) is 6. The predicted octanol–water partition coefficient (Wildman–Crippen LogP) is 12.7. The standard InChI is InChI=1S/C55H39N7/c56-54(60-55(40-21-15-31-58-36-40)59-35-37-16-14-30-57-34-37)41-32-46(38-17-4-1-5-18-38)52(47(33-41)39-19-6-2-7-20-39)62-49-27-13-11-25-45(49)51-50(62)29-28-44-43-24-10-12-26-48(43)61(53(44)51)42-22-8-3-9-23-42/h1-32,34-36,47,56H,33H2. The van der Waals surface area contributed by atoms with Crippen LogP contribution in [0.3, 0.4) is 0 Å². The minimum absolute atomic E-state index is 0.141. The lowest BCUT2D eigenvalue weighted by Gasteiger charge is -2.31. The number of allylic oxidation sites excluding steroid dienone is 3. The molecule has 0 saturated carbocycles. The van der Waals surface area contributed by atoms with Crippen LogP contribution in [0.2, 0.25) is 0 Å². The zero-order valence-corrected chi connectivity index (χ0v) is 33.7. The predicted molar refractivity (Wildman–Crippen MR) is 256 cm³/mol. The number of aliphatic imine (C=N–C) groups is 2. The molecule has 0 aliphatic heterocycles. The Morgan fingerprint density at radius 2 is 1.26 bits per heavy atom. The number of hydrogen-bond donors (Lipinski definition) is 1. The Balaban J connectivity index is 1.20. The molecule has 7 nitrogen and oxygen atoms in total. The molecule has 0 spiro atoms. The van der Waals surface area contributed by atoms with Crippen LogP contribution in [0.1, 0.15) is 34.6 Å². The zero-order valence-electron chi connectivity index (χ0n) is 33.7. The Bertz CT molecular complexity index is 3420. The highest BCUT2D eigenvalue weighted by Gasteiger charge is 2.32. The molecule has 4 aromatic heterocycles. The van der Waals surface area contributed by atoms with E-state index < -0.39 is 0 Å². The maximum absolute atomic E-state index is 9.71. The molecular weight excluding hydrogens is 759 g/mol. The van der Waals surface area contributed by atoms with Gasteiger partial charge in [-0.2, -0.15) is 0 Å². The summed E-state index contributed by atoms with van der Waals surface area (Å²) in [7, 11) is 0. The molecule has 11 rings (SSSR count). The van der Waals surface area contributed by atoms with E-state index in [0.29, 0.717) is 12.3 Å². The molecular formula is C55H39N7. The second kappa shape index (κ2) is 15.7. The molecule has 1 unspecified atom stereocenters. The summed E-state index contributed by atoms with van der Waals surface area (Å²) in [5.41, 5.74) is 12.5. The van der Waals surface area contributed by atoms with Crippen molar-refractivity contribution < 1.29 is 0 Å². The van der Waals surface area contributed by atoms with Crippen LogP contribution in [-0.2, 0) is 0 Å². The summed E-state index contributed by atoms with van der Waals surface area (Å²) in [6, 6.07) is 61.7. The van der Waals surface area contributed by atoms with Crippen LogP contribution in [0.15, 0.2) is 222 Å². The van der Waals surface area contributed by atoms with Crippen molar-refractivity contribution in [2.45, 2.75) is 12.3 Å². The minimum atomic E-state index is -0.141. The molecule has 1 aliphatic carbocycles. The monoisotopic (exact) mass is 797 g/mol. The summed E-state index contributed by atoms with van der Waals surface area (Å²) >= 11 is 0. The Hall–Kier alpha value is -8.29. The van der Waals surface area contributed by atoms with E-state index in [1.807, 2.05) is 24.3 Å². The summed E-state index contributed by atoms with van der Waals surface area (Å²) in [6.07, 6.45) is 11.4. The molecule has 62 heavy (non-hydrogen) atoms. The Morgan fingerprint density at radius 3 is 1.98 bits per heavy atom. The van der Waals surface area contributed by atoms with Crippen molar-refractivity contribution in [3.63, 3.8) is 0 Å². The van der Waals surface area contributed by atoms with Gasteiger partial charge in [0.2, 0.25) is 0 Å². The minimum Gasteiger partial charge on any atom is -0.312 e. The van der Waals surface area contributed by atoms with Crippen molar-refractivity contribution in [2.75, 3.05) is 0 Å². The largest absolute Gasteiger partial charge is 0.312 e. The fourth-order valence-corrected chi connectivity index (χ4v) is 9.10. The number of nitrogens with one attached hydrogen (secondary N) is 1. The van der Waals surface area contributed by atoms with Gasteiger partial charge in [-0.3, -0.25) is 15.4 Å². The maximum atomic E-state index is 9.71. The smallest absolute Gasteiger partial charge is 0.163 e. The summed E-state index contributed by atoms with van der Waals surface area (Å²) in [6.45, 7) is 0. The van der Waals surface area contributed by atoms with Crippen molar-refractivity contribution in [1.29, 1.82) is 5.41 Å². The molecule has 7 heteroatoms. The molecule has 0 fully saturated rings. The van der Waals surface area contributed by atoms with Gasteiger partial charge in [0, 0.05) is 86.5 Å². The molecule has 1 N–H and O–H groups in total. The lowest BCUT2D eigenvalue weighted by atomic mass is 9.80. The van der Waals surface area contributed by atoms with E-state index in [-0.39, 0.29) is 11.8 Å². The first-order chi connectivity index (χ1) is 30.7. The lowest BCUT2D eigenvalue weighted by Crippen LogP contribution is -2.18. The number of amidine groups is 2. The van der Waals surface area contributed by atoms with Crippen molar-refractivity contribution in [1.82, 2.24) is 19.1 Å². The average Bonchev–Trinajstić information content (AvgIpc) is 3.86. The first-order valence-electron chi connectivity index (χ1n) is 20.8.